The third kappa shape index (κ3) is 6.30. The lowest BCUT2D eigenvalue weighted by Gasteiger charge is -2.16. The summed E-state index contributed by atoms with van der Waals surface area (Å²) in [5, 5.41) is 4.23. The van der Waals surface area contributed by atoms with Gasteiger partial charge in [-0.05, 0) is 59.8 Å². The molecule has 0 saturated carbocycles. The zero-order valence-corrected chi connectivity index (χ0v) is 21.9. The molecule has 11 heteroatoms. The summed E-state index contributed by atoms with van der Waals surface area (Å²) in [6.45, 7) is 0.394. The molecule has 184 valence electrons. The molecular weight excluding hydrogens is 541 g/mol. The SMILES string of the molecule is COc1cc(/C=C2/SC(=S)N(NC(=O)Nc3ccc(Cl)c(Cl)c3)C2=O)ccc1OCc1ccccc1. The monoisotopic (exact) mass is 559 g/mol. The van der Waals surface area contributed by atoms with E-state index < -0.39 is 11.9 Å². The number of anilines is 1. The van der Waals surface area contributed by atoms with E-state index in [0.717, 1.165) is 22.3 Å². The number of benzene rings is 3. The quantitative estimate of drug-likeness (QED) is 0.253. The molecule has 3 aromatic rings. The zero-order chi connectivity index (χ0) is 25.7. The third-order valence-corrected chi connectivity index (χ3v) is 6.95. The molecule has 36 heavy (non-hydrogen) atoms. The van der Waals surface area contributed by atoms with Gasteiger partial charge in [-0.2, -0.15) is 5.01 Å². The van der Waals surface area contributed by atoms with E-state index in [1.54, 1.807) is 43.5 Å². The van der Waals surface area contributed by atoms with Crippen molar-refractivity contribution in [1.82, 2.24) is 10.4 Å². The van der Waals surface area contributed by atoms with Gasteiger partial charge in [0.05, 0.1) is 22.1 Å². The van der Waals surface area contributed by atoms with Gasteiger partial charge in [-0.25, -0.2) is 10.2 Å². The number of thioether (sulfide) groups is 1. The topological polar surface area (TPSA) is 79.9 Å². The number of ether oxygens (including phenoxy) is 2. The van der Waals surface area contributed by atoms with Crippen LogP contribution < -0.4 is 20.2 Å². The second kappa shape index (κ2) is 11.7. The van der Waals surface area contributed by atoms with Crippen molar-refractivity contribution in [1.29, 1.82) is 0 Å². The molecule has 0 atom stereocenters. The lowest BCUT2D eigenvalue weighted by molar-refractivity contribution is -0.123. The molecule has 0 bridgehead atoms. The van der Waals surface area contributed by atoms with Crippen LogP contribution in [0.5, 0.6) is 11.5 Å². The zero-order valence-electron chi connectivity index (χ0n) is 18.8. The number of hydrazine groups is 1. The van der Waals surface area contributed by atoms with Gasteiger partial charge >= 0.3 is 6.03 Å². The number of carbonyl (C=O) groups excluding carboxylic acids is 2. The molecular formula is C25H19Cl2N3O4S2. The first-order chi connectivity index (χ1) is 17.3. The standard InChI is InChI=1S/C25H19Cl2N3O4S2/c1-33-21-11-16(7-10-20(21)34-14-15-5-3-2-4-6-15)12-22-23(31)30(25(35)36-22)29-24(32)28-17-8-9-18(26)19(27)13-17/h2-13H,14H2,1H3,(H2,28,29,32)/b22-12+. The number of nitrogens with zero attached hydrogens (tertiary/aromatic N) is 1. The minimum Gasteiger partial charge on any atom is -0.493 e. The molecule has 3 amide bonds. The van der Waals surface area contributed by atoms with Gasteiger partial charge < -0.3 is 14.8 Å². The molecule has 2 N–H and O–H groups in total. The van der Waals surface area contributed by atoms with Crippen molar-refractivity contribution < 1.29 is 19.1 Å². The Morgan fingerprint density at radius 3 is 2.56 bits per heavy atom. The van der Waals surface area contributed by atoms with Crippen LogP contribution in [0, 0.1) is 0 Å². The van der Waals surface area contributed by atoms with Gasteiger partial charge in [0.15, 0.2) is 15.8 Å². The lowest BCUT2D eigenvalue weighted by atomic mass is 10.2. The Bertz CT molecular complexity index is 1350. The van der Waals surface area contributed by atoms with Crippen LogP contribution in [-0.2, 0) is 11.4 Å². The number of methoxy groups -OCH3 is 1. The molecule has 1 fully saturated rings. The molecule has 1 saturated heterocycles. The minimum atomic E-state index is -0.660. The van der Waals surface area contributed by atoms with E-state index in [2.05, 4.69) is 10.7 Å². The molecule has 1 heterocycles. The first-order valence-electron chi connectivity index (χ1n) is 10.5. The molecule has 0 unspecified atom stereocenters. The van der Waals surface area contributed by atoms with Gasteiger partial charge in [0.25, 0.3) is 5.91 Å². The number of halogens is 2. The van der Waals surface area contributed by atoms with Crippen molar-refractivity contribution in [3.8, 4) is 11.5 Å². The maximum absolute atomic E-state index is 12.9. The molecule has 0 spiro atoms. The van der Waals surface area contributed by atoms with E-state index in [1.165, 1.54) is 6.07 Å². The van der Waals surface area contributed by atoms with E-state index in [9.17, 15) is 9.59 Å². The highest BCUT2D eigenvalue weighted by Crippen LogP contribution is 2.34. The summed E-state index contributed by atoms with van der Waals surface area (Å²) in [5.41, 5.74) is 4.60. The summed E-state index contributed by atoms with van der Waals surface area (Å²) in [7, 11) is 1.55. The van der Waals surface area contributed by atoms with Crippen LogP contribution in [0.1, 0.15) is 11.1 Å². The maximum Gasteiger partial charge on any atom is 0.338 e. The molecule has 0 aromatic heterocycles. The minimum absolute atomic E-state index is 0.185. The number of urea groups is 1. The average molecular weight is 560 g/mol. The van der Waals surface area contributed by atoms with Crippen molar-refractivity contribution in [3.63, 3.8) is 0 Å². The molecule has 0 aliphatic carbocycles. The Labute approximate surface area is 227 Å². The first kappa shape index (κ1) is 25.8. The predicted molar refractivity (Wildman–Crippen MR) is 147 cm³/mol. The summed E-state index contributed by atoms with van der Waals surface area (Å²) in [6, 6.07) is 19.1. The van der Waals surface area contributed by atoms with Crippen LogP contribution in [0.2, 0.25) is 10.0 Å². The average Bonchev–Trinajstić information content (AvgIpc) is 3.13. The van der Waals surface area contributed by atoms with Crippen molar-refractivity contribution in [3.05, 3.63) is 92.8 Å². The summed E-state index contributed by atoms with van der Waals surface area (Å²) < 4.78 is 11.5. The normalized spacial score (nSPS) is 14.2. The third-order valence-electron chi connectivity index (χ3n) is 4.91. The number of hydrogen-bond acceptors (Lipinski definition) is 6. The Morgan fingerprint density at radius 1 is 1.06 bits per heavy atom. The van der Waals surface area contributed by atoms with E-state index in [4.69, 9.17) is 44.9 Å². The van der Waals surface area contributed by atoms with E-state index in [-0.39, 0.29) is 9.34 Å². The summed E-state index contributed by atoms with van der Waals surface area (Å²) in [4.78, 5) is 25.6. The molecule has 4 rings (SSSR count). The van der Waals surface area contributed by atoms with Crippen LogP contribution in [0.3, 0.4) is 0 Å². The van der Waals surface area contributed by atoms with E-state index >= 15 is 0 Å². The van der Waals surface area contributed by atoms with Gasteiger partial charge in [-0.3, -0.25) is 4.79 Å². The molecule has 1 aliphatic rings. The Kier molecular flexibility index (Phi) is 8.37. The van der Waals surface area contributed by atoms with Gasteiger partial charge in [0.2, 0.25) is 0 Å². The lowest BCUT2D eigenvalue weighted by Crippen LogP contribution is -2.46. The van der Waals surface area contributed by atoms with Crippen molar-refractivity contribution in [2.75, 3.05) is 12.4 Å². The number of nitrogens with one attached hydrogen (secondary N) is 2. The molecule has 0 radical (unpaired) electrons. The van der Waals surface area contributed by atoms with Gasteiger partial charge in [-0.1, -0.05) is 71.4 Å². The highest BCUT2D eigenvalue weighted by atomic mass is 35.5. The van der Waals surface area contributed by atoms with Crippen LogP contribution in [-0.4, -0.2) is 28.4 Å². The number of amides is 3. The van der Waals surface area contributed by atoms with Crippen LogP contribution >= 0.6 is 47.2 Å². The van der Waals surface area contributed by atoms with E-state index in [1.807, 2.05) is 30.3 Å². The highest BCUT2D eigenvalue weighted by Gasteiger charge is 2.33. The van der Waals surface area contributed by atoms with Gasteiger partial charge in [-0.15, -0.1) is 0 Å². The fraction of sp³-hybridized carbons (Fsp3) is 0.0800. The fourth-order valence-electron chi connectivity index (χ4n) is 3.18. The number of hydrogen-bond donors (Lipinski definition) is 2. The smallest absolute Gasteiger partial charge is 0.338 e. The van der Waals surface area contributed by atoms with Crippen molar-refractivity contribution in [2.24, 2.45) is 0 Å². The number of thiocarbonyl (C=S) groups is 1. The second-order valence-corrected chi connectivity index (χ2v) is 9.89. The van der Waals surface area contributed by atoms with Gasteiger partial charge in [0, 0.05) is 5.69 Å². The van der Waals surface area contributed by atoms with Crippen LogP contribution in [0.4, 0.5) is 10.5 Å². The Morgan fingerprint density at radius 2 is 1.83 bits per heavy atom. The first-order valence-corrected chi connectivity index (χ1v) is 12.5. The summed E-state index contributed by atoms with van der Waals surface area (Å²) >= 11 is 18.2. The van der Waals surface area contributed by atoms with Crippen LogP contribution in [0.15, 0.2) is 71.6 Å². The van der Waals surface area contributed by atoms with Crippen molar-refractivity contribution in [2.45, 2.75) is 6.61 Å². The summed E-state index contributed by atoms with van der Waals surface area (Å²) in [6.07, 6.45) is 1.67. The molecule has 3 aromatic carbocycles. The second-order valence-electron chi connectivity index (χ2n) is 7.40. The molecule has 7 nitrogen and oxygen atoms in total. The number of rotatable bonds is 7. The largest absolute Gasteiger partial charge is 0.493 e. The van der Waals surface area contributed by atoms with Crippen LogP contribution in [0.25, 0.3) is 6.08 Å². The fourth-order valence-corrected chi connectivity index (χ4v) is 4.66. The Hall–Kier alpha value is -3.24. The van der Waals surface area contributed by atoms with Gasteiger partial charge in [0.1, 0.15) is 6.61 Å². The predicted octanol–water partition coefficient (Wildman–Crippen LogP) is 6.52. The summed E-state index contributed by atoms with van der Waals surface area (Å²) in [5.74, 6) is 0.638. The van der Waals surface area contributed by atoms with E-state index in [0.29, 0.717) is 39.3 Å². The van der Waals surface area contributed by atoms with Crippen molar-refractivity contribution >= 4 is 75.2 Å². The maximum atomic E-state index is 12.9. The number of carbonyl (C=O) groups is 2. The molecule has 1 aliphatic heterocycles. The Balaban J connectivity index is 1.42. The highest BCUT2D eigenvalue weighted by molar-refractivity contribution is 8.26.